The number of halogens is 2. The normalized spacial score (nSPS) is 20.0. The average Bonchev–Trinajstić information content (AvgIpc) is 2.38. The number of sulfonamides is 1. The molecule has 1 aliphatic heterocycles. The van der Waals surface area contributed by atoms with Crippen molar-refractivity contribution < 1.29 is 8.42 Å². The zero-order valence-corrected chi connectivity index (χ0v) is 13.5. The Morgan fingerprint density at radius 3 is 2.40 bits per heavy atom. The van der Waals surface area contributed by atoms with E-state index < -0.39 is 10.0 Å². The minimum Gasteiger partial charge on any atom is -0.328 e. The molecule has 1 heterocycles. The van der Waals surface area contributed by atoms with Crippen molar-refractivity contribution in [2.24, 2.45) is 11.7 Å². The zero-order valence-electron chi connectivity index (χ0n) is 11.2. The Kier molecular flexibility index (Phi) is 4.97. The topological polar surface area (TPSA) is 63.4 Å². The van der Waals surface area contributed by atoms with Gasteiger partial charge < -0.3 is 5.73 Å². The molecule has 7 heteroatoms. The summed E-state index contributed by atoms with van der Waals surface area (Å²) in [6.07, 6.45) is 1.56. The highest BCUT2D eigenvalue weighted by Crippen LogP contribution is 2.30. The van der Waals surface area contributed by atoms with Gasteiger partial charge in [-0.15, -0.1) is 0 Å². The predicted molar refractivity (Wildman–Crippen MR) is 81.6 cm³/mol. The molecule has 0 bridgehead atoms. The van der Waals surface area contributed by atoms with Crippen LogP contribution in [0, 0.1) is 5.92 Å². The number of nitrogens with zero attached hydrogens (tertiary/aromatic N) is 1. The van der Waals surface area contributed by atoms with Crippen molar-refractivity contribution in [3.8, 4) is 0 Å². The molecule has 2 N–H and O–H groups in total. The molecule has 0 aliphatic carbocycles. The van der Waals surface area contributed by atoms with Gasteiger partial charge in [-0.05, 0) is 43.9 Å². The number of benzene rings is 1. The zero-order chi connectivity index (χ0) is 14.9. The van der Waals surface area contributed by atoms with Crippen molar-refractivity contribution >= 4 is 33.2 Å². The molecule has 112 valence electrons. The standard InChI is InChI=1S/C13H18Cl2N2O2S/c1-9(16)10-4-6-17(7-5-10)20(18,19)13-3-2-11(14)8-12(13)15/h2-3,8-10H,4-7,16H2,1H3. The molecule has 1 unspecified atom stereocenters. The van der Waals surface area contributed by atoms with Crippen molar-refractivity contribution in [3.63, 3.8) is 0 Å². The summed E-state index contributed by atoms with van der Waals surface area (Å²) in [6.45, 7) is 2.92. The van der Waals surface area contributed by atoms with E-state index in [2.05, 4.69) is 0 Å². The van der Waals surface area contributed by atoms with E-state index in [9.17, 15) is 8.42 Å². The number of nitrogens with two attached hydrogens (primary N) is 1. The Hall–Kier alpha value is -0.330. The summed E-state index contributed by atoms with van der Waals surface area (Å²) in [7, 11) is -3.56. The smallest absolute Gasteiger partial charge is 0.244 e. The Morgan fingerprint density at radius 2 is 1.90 bits per heavy atom. The first-order valence-corrected chi connectivity index (χ1v) is 8.72. The first kappa shape index (κ1) is 16.0. The van der Waals surface area contributed by atoms with Gasteiger partial charge in [0.05, 0.1) is 5.02 Å². The summed E-state index contributed by atoms with van der Waals surface area (Å²) < 4.78 is 26.6. The molecule has 0 saturated carbocycles. The molecular formula is C13H18Cl2N2O2S. The van der Waals surface area contributed by atoms with E-state index in [1.807, 2.05) is 6.92 Å². The van der Waals surface area contributed by atoms with E-state index in [4.69, 9.17) is 28.9 Å². The molecule has 0 amide bonds. The third-order valence-electron chi connectivity index (χ3n) is 3.75. The van der Waals surface area contributed by atoms with Gasteiger partial charge in [0.1, 0.15) is 4.90 Å². The van der Waals surface area contributed by atoms with Crippen LogP contribution in [0.5, 0.6) is 0 Å². The van der Waals surface area contributed by atoms with Crippen LogP contribution in [0.15, 0.2) is 23.1 Å². The molecule has 1 fully saturated rings. The lowest BCUT2D eigenvalue weighted by molar-refractivity contribution is 0.251. The van der Waals surface area contributed by atoms with Gasteiger partial charge in [0.25, 0.3) is 0 Å². The molecule has 4 nitrogen and oxygen atoms in total. The molecule has 20 heavy (non-hydrogen) atoms. The second-order valence-corrected chi connectivity index (χ2v) is 7.93. The van der Waals surface area contributed by atoms with Gasteiger partial charge in [-0.1, -0.05) is 23.2 Å². The molecule has 1 aromatic carbocycles. The van der Waals surface area contributed by atoms with Crippen LogP contribution in [0.1, 0.15) is 19.8 Å². The van der Waals surface area contributed by atoms with E-state index in [0.29, 0.717) is 24.0 Å². The first-order valence-electron chi connectivity index (χ1n) is 6.53. The van der Waals surface area contributed by atoms with Crippen LogP contribution in [0.25, 0.3) is 0 Å². The third kappa shape index (κ3) is 3.28. The van der Waals surface area contributed by atoms with Gasteiger partial charge in [-0.2, -0.15) is 4.31 Å². The maximum absolute atomic E-state index is 12.6. The monoisotopic (exact) mass is 336 g/mol. The Labute approximate surface area is 129 Å². The van der Waals surface area contributed by atoms with Gasteiger partial charge in [0, 0.05) is 24.2 Å². The largest absolute Gasteiger partial charge is 0.328 e. The number of rotatable bonds is 3. The highest BCUT2D eigenvalue weighted by atomic mass is 35.5. The van der Waals surface area contributed by atoms with E-state index in [0.717, 1.165) is 12.8 Å². The minimum atomic E-state index is -3.56. The quantitative estimate of drug-likeness (QED) is 0.922. The highest BCUT2D eigenvalue weighted by Gasteiger charge is 2.31. The fourth-order valence-electron chi connectivity index (χ4n) is 2.47. The van der Waals surface area contributed by atoms with E-state index in [-0.39, 0.29) is 16.0 Å². The molecule has 1 saturated heterocycles. The summed E-state index contributed by atoms with van der Waals surface area (Å²) in [6, 6.07) is 4.54. The van der Waals surface area contributed by atoms with Crippen molar-refractivity contribution in [1.29, 1.82) is 0 Å². The van der Waals surface area contributed by atoms with E-state index in [1.165, 1.54) is 22.5 Å². The van der Waals surface area contributed by atoms with Gasteiger partial charge in [0.15, 0.2) is 0 Å². The van der Waals surface area contributed by atoms with Crippen LogP contribution in [0.3, 0.4) is 0 Å². The van der Waals surface area contributed by atoms with Crippen molar-refractivity contribution in [2.45, 2.75) is 30.7 Å². The van der Waals surface area contributed by atoms with E-state index in [1.54, 1.807) is 0 Å². The van der Waals surface area contributed by atoms with Gasteiger partial charge in [-0.25, -0.2) is 8.42 Å². The molecule has 0 aromatic heterocycles. The lowest BCUT2D eigenvalue weighted by Gasteiger charge is -2.33. The predicted octanol–water partition coefficient (Wildman–Crippen LogP) is 2.74. The van der Waals surface area contributed by atoms with Gasteiger partial charge in [0.2, 0.25) is 10.0 Å². The summed E-state index contributed by atoms with van der Waals surface area (Å²) in [4.78, 5) is 0.114. The van der Waals surface area contributed by atoms with Crippen LogP contribution < -0.4 is 5.73 Å². The van der Waals surface area contributed by atoms with Crippen LogP contribution in [-0.4, -0.2) is 31.9 Å². The maximum atomic E-state index is 12.6. The summed E-state index contributed by atoms with van der Waals surface area (Å²) in [5.41, 5.74) is 5.87. The van der Waals surface area contributed by atoms with Gasteiger partial charge in [-0.3, -0.25) is 0 Å². The van der Waals surface area contributed by atoms with Crippen molar-refractivity contribution in [2.75, 3.05) is 13.1 Å². The number of hydrogen-bond acceptors (Lipinski definition) is 3. The van der Waals surface area contributed by atoms with Crippen LogP contribution in [0.2, 0.25) is 10.0 Å². The summed E-state index contributed by atoms with van der Waals surface area (Å²) in [5, 5.41) is 0.580. The van der Waals surface area contributed by atoms with Crippen LogP contribution in [-0.2, 0) is 10.0 Å². The number of hydrogen-bond donors (Lipinski definition) is 1. The molecule has 0 spiro atoms. The third-order valence-corrected chi connectivity index (χ3v) is 6.37. The van der Waals surface area contributed by atoms with Crippen molar-refractivity contribution in [1.82, 2.24) is 4.31 Å². The molecule has 1 atom stereocenters. The molecule has 2 rings (SSSR count). The molecule has 1 aliphatic rings. The Morgan fingerprint density at radius 1 is 1.30 bits per heavy atom. The second-order valence-electron chi connectivity index (χ2n) is 5.18. The number of piperidine rings is 1. The lowest BCUT2D eigenvalue weighted by Crippen LogP contribution is -2.42. The second kappa shape index (κ2) is 6.20. The Balaban J connectivity index is 2.20. The van der Waals surface area contributed by atoms with Crippen molar-refractivity contribution in [3.05, 3.63) is 28.2 Å². The maximum Gasteiger partial charge on any atom is 0.244 e. The highest BCUT2D eigenvalue weighted by molar-refractivity contribution is 7.89. The van der Waals surface area contributed by atoms with Crippen LogP contribution >= 0.6 is 23.2 Å². The fourth-order valence-corrected chi connectivity index (χ4v) is 4.68. The first-order chi connectivity index (χ1) is 9.32. The Bertz CT molecular complexity index is 582. The lowest BCUT2D eigenvalue weighted by atomic mass is 9.92. The van der Waals surface area contributed by atoms with Gasteiger partial charge >= 0.3 is 0 Å². The average molecular weight is 337 g/mol. The fraction of sp³-hybridized carbons (Fsp3) is 0.538. The summed E-state index contributed by atoms with van der Waals surface area (Å²) >= 11 is 11.8. The molecule has 0 radical (unpaired) electrons. The molecule has 1 aromatic rings. The SMILES string of the molecule is CC(N)C1CCN(S(=O)(=O)c2ccc(Cl)cc2Cl)CC1. The van der Waals surface area contributed by atoms with Crippen LogP contribution in [0.4, 0.5) is 0 Å². The molecular weight excluding hydrogens is 319 g/mol. The summed E-state index contributed by atoms with van der Waals surface area (Å²) in [5.74, 6) is 0.377. The minimum absolute atomic E-state index is 0.0963. The van der Waals surface area contributed by atoms with E-state index >= 15 is 0 Å².